The van der Waals surface area contributed by atoms with E-state index in [1.165, 1.54) is 0 Å². The van der Waals surface area contributed by atoms with E-state index >= 15 is 0 Å². The Morgan fingerprint density at radius 2 is 2.09 bits per heavy atom. The zero-order chi connectivity index (χ0) is 16.8. The normalized spacial score (nSPS) is 16.3. The van der Waals surface area contributed by atoms with Gasteiger partial charge in [-0.05, 0) is 54.8 Å². The zero-order valence-corrected chi connectivity index (χ0v) is 15.6. The van der Waals surface area contributed by atoms with Crippen molar-refractivity contribution in [2.75, 3.05) is 45.2 Å². The van der Waals surface area contributed by atoms with Gasteiger partial charge in [0.25, 0.3) is 0 Å². The van der Waals surface area contributed by atoms with Crippen LogP contribution in [-0.4, -0.2) is 67.6 Å². The molecule has 1 fully saturated rings. The van der Waals surface area contributed by atoms with Gasteiger partial charge < -0.3 is 15.0 Å². The predicted octanol–water partition coefficient (Wildman–Crippen LogP) is 1.41. The lowest BCUT2D eigenvalue weighted by Gasteiger charge is -2.30. The first-order valence-corrected chi connectivity index (χ1v) is 8.67. The van der Waals surface area contributed by atoms with Crippen LogP contribution in [0.3, 0.4) is 0 Å². The van der Waals surface area contributed by atoms with E-state index in [0.717, 1.165) is 9.26 Å². The maximum absolute atomic E-state index is 12.3. The monoisotopic (exact) mass is 431 g/mol. The highest BCUT2D eigenvalue weighted by atomic mass is 127. The molecule has 1 aliphatic heterocycles. The van der Waals surface area contributed by atoms with Gasteiger partial charge in [0, 0.05) is 22.3 Å². The Hall–Kier alpha value is -1.19. The van der Waals surface area contributed by atoms with Crippen LogP contribution < -0.4 is 5.32 Å². The van der Waals surface area contributed by atoms with Gasteiger partial charge in [0.05, 0.1) is 25.8 Å². The third-order valence-corrected chi connectivity index (χ3v) is 4.55. The number of nitrogens with zero attached hydrogens (tertiary/aromatic N) is 2. The van der Waals surface area contributed by atoms with Crippen molar-refractivity contribution in [2.24, 2.45) is 0 Å². The molecule has 1 atom stereocenters. The summed E-state index contributed by atoms with van der Waals surface area (Å²) in [5, 5.41) is 2.89. The number of anilines is 1. The van der Waals surface area contributed by atoms with Crippen molar-refractivity contribution in [3.63, 3.8) is 0 Å². The Balaban J connectivity index is 1.86. The second-order valence-electron chi connectivity index (χ2n) is 5.58. The summed E-state index contributed by atoms with van der Waals surface area (Å²) in [5.41, 5.74) is 0.765. The van der Waals surface area contributed by atoms with E-state index in [1.807, 2.05) is 24.3 Å². The highest BCUT2D eigenvalue weighted by Crippen LogP contribution is 2.13. The summed E-state index contributed by atoms with van der Waals surface area (Å²) in [7, 11) is 1.79. The Bertz CT molecular complexity index is 561. The summed E-state index contributed by atoms with van der Waals surface area (Å²) in [4.78, 5) is 28.1. The fraction of sp³-hybridized carbons (Fsp3) is 0.500. The first-order valence-electron chi connectivity index (χ1n) is 7.59. The average Bonchev–Trinajstić information content (AvgIpc) is 2.54. The molecule has 6 nitrogen and oxygen atoms in total. The first-order chi connectivity index (χ1) is 11.0. The van der Waals surface area contributed by atoms with Gasteiger partial charge in [-0.2, -0.15) is 0 Å². The second-order valence-corrected chi connectivity index (χ2v) is 6.83. The third-order valence-electron chi connectivity index (χ3n) is 3.88. The van der Waals surface area contributed by atoms with Crippen LogP contribution in [0.2, 0.25) is 0 Å². The molecule has 0 radical (unpaired) electrons. The second kappa shape index (κ2) is 8.60. The number of hydrogen-bond donors (Lipinski definition) is 1. The van der Waals surface area contributed by atoms with E-state index in [0.29, 0.717) is 26.3 Å². The number of benzene rings is 1. The molecule has 1 unspecified atom stereocenters. The van der Waals surface area contributed by atoms with E-state index in [4.69, 9.17) is 4.74 Å². The molecule has 0 spiro atoms. The van der Waals surface area contributed by atoms with Crippen LogP contribution in [0.1, 0.15) is 6.92 Å². The highest BCUT2D eigenvalue weighted by Gasteiger charge is 2.23. The molecule has 1 aliphatic rings. The van der Waals surface area contributed by atoms with E-state index in [1.54, 1.807) is 23.8 Å². The van der Waals surface area contributed by atoms with E-state index in [-0.39, 0.29) is 18.4 Å². The van der Waals surface area contributed by atoms with Crippen LogP contribution in [0.15, 0.2) is 24.3 Å². The molecule has 2 amide bonds. The molecule has 1 aromatic carbocycles. The van der Waals surface area contributed by atoms with E-state index in [2.05, 4.69) is 27.9 Å². The minimum Gasteiger partial charge on any atom is -0.378 e. The minimum absolute atomic E-state index is 0.0321. The lowest BCUT2D eigenvalue weighted by molar-refractivity contribution is -0.137. The summed E-state index contributed by atoms with van der Waals surface area (Å²) in [6, 6.07) is 7.23. The molecule has 1 N–H and O–H groups in total. The predicted molar refractivity (Wildman–Crippen MR) is 97.3 cm³/mol. The molecule has 23 heavy (non-hydrogen) atoms. The fourth-order valence-electron chi connectivity index (χ4n) is 2.28. The molecule has 0 saturated carbocycles. The minimum atomic E-state index is -0.391. The Kier molecular flexibility index (Phi) is 6.79. The molecule has 1 heterocycles. The number of ether oxygens (including phenoxy) is 1. The molecule has 126 valence electrons. The Morgan fingerprint density at radius 3 is 2.74 bits per heavy atom. The van der Waals surface area contributed by atoms with Crippen molar-refractivity contribution in [1.29, 1.82) is 0 Å². The van der Waals surface area contributed by atoms with Crippen LogP contribution in [0, 0.1) is 3.57 Å². The van der Waals surface area contributed by atoms with Gasteiger partial charge in [-0.15, -0.1) is 0 Å². The van der Waals surface area contributed by atoms with Crippen molar-refractivity contribution < 1.29 is 14.3 Å². The highest BCUT2D eigenvalue weighted by molar-refractivity contribution is 14.1. The summed E-state index contributed by atoms with van der Waals surface area (Å²) in [6.45, 7) is 4.43. The lowest BCUT2D eigenvalue weighted by atomic mass is 10.2. The Labute approximate surface area is 150 Å². The smallest absolute Gasteiger partial charge is 0.241 e. The van der Waals surface area contributed by atoms with Gasteiger partial charge in [0.1, 0.15) is 0 Å². The topological polar surface area (TPSA) is 61.9 Å². The number of carbonyl (C=O) groups excluding carboxylic acids is 2. The van der Waals surface area contributed by atoms with Crippen molar-refractivity contribution in [3.8, 4) is 0 Å². The molecular weight excluding hydrogens is 409 g/mol. The van der Waals surface area contributed by atoms with Crippen LogP contribution in [-0.2, 0) is 14.3 Å². The van der Waals surface area contributed by atoms with Crippen molar-refractivity contribution in [1.82, 2.24) is 9.80 Å². The van der Waals surface area contributed by atoms with Gasteiger partial charge in [-0.1, -0.05) is 6.07 Å². The number of morpholine rings is 1. The standard InChI is InChI=1S/C16H22IN3O3/c1-12(16(22)18-14-5-3-4-13(17)10-14)19(2)11-15(21)20-6-8-23-9-7-20/h3-5,10,12H,6-9,11H2,1-2H3,(H,18,22). The van der Waals surface area contributed by atoms with Crippen molar-refractivity contribution in [3.05, 3.63) is 27.8 Å². The number of amides is 2. The lowest BCUT2D eigenvalue weighted by Crippen LogP contribution is -2.48. The van der Waals surface area contributed by atoms with Gasteiger partial charge >= 0.3 is 0 Å². The van der Waals surface area contributed by atoms with E-state index < -0.39 is 6.04 Å². The van der Waals surface area contributed by atoms with E-state index in [9.17, 15) is 9.59 Å². The number of nitrogens with one attached hydrogen (secondary N) is 1. The summed E-state index contributed by atoms with van der Waals surface area (Å²) >= 11 is 2.20. The SMILES string of the molecule is CC(C(=O)Nc1cccc(I)c1)N(C)CC(=O)N1CCOCC1. The summed E-state index contributed by atoms with van der Waals surface area (Å²) in [6.07, 6.45) is 0. The molecule has 0 bridgehead atoms. The molecule has 0 aliphatic carbocycles. The summed E-state index contributed by atoms with van der Waals surface area (Å²) in [5.74, 6) is -0.0889. The van der Waals surface area contributed by atoms with Gasteiger partial charge in [-0.25, -0.2) is 0 Å². The van der Waals surface area contributed by atoms with Gasteiger partial charge in [-0.3, -0.25) is 14.5 Å². The maximum atomic E-state index is 12.3. The quantitative estimate of drug-likeness (QED) is 0.717. The van der Waals surface area contributed by atoms with Gasteiger partial charge in [0.2, 0.25) is 11.8 Å². The number of likely N-dealkylation sites (N-methyl/N-ethyl adjacent to an activating group) is 1. The third kappa shape index (κ3) is 5.43. The number of hydrogen-bond acceptors (Lipinski definition) is 4. The maximum Gasteiger partial charge on any atom is 0.241 e. The first kappa shape index (κ1) is 18.2. The van der Waals surface area contributed by atoms with Gasteiger partial charge in [0.15, 0.2) is 0 Å². The molecule has 1 saturated heterocycles. The number of halogens is 1. The molecule has 0 aromatic heterocycles. The molecular formula is C16H22IN3O3. The molecule has 1 aromatic rings. The Morgan fingerprint density at radius 1 is 1.39 bits per heavy atom. The zero-order valence-electron chi connectivity index (χ0n) is 13.4. The van der Waals surface area contributed by atoms with Crippen molar-refractivity contribution in [2.45, 2.75) is 13.0 Å². The number of rotatable bonds is 5. The average molecular weight is 431 g/mol. The molecule has 2 rings (SSSR count). The fourth-order valence-corrected chi connectivity index (χ4v) is 2.82. The van der Waals surface area contributed by atoms with Crippen LogP contribution in [0.25, 0.3) is 0 Å². The van der Waals surface area contributed by atoms with Crippen LogP contribution in [0.5, 0.6) is 0 Å². The van der Waals surface area contributed by atoms with Crippen LogP contribution >= 0.6 is 22.6 Å². The molecule has 7 heteroatoms. The summed E-state index contributed by atoms with van der Waals surface area (Å²) < 4.78 is 6.30. The van der Waals surface area contributed by atoms with Crippen molar-refractivity contribution >= 4 is 40.1 Å². The largest absolute Gasteiger partial charge is 0.378 e. The van der Waals surface area contributed by atoms with Crippen LogP contribution in [0.4, 0.5) is 5.69 Å². The number of carbonyl (C=O) groups is 2.